The van der Waals surface area contributed by atoms with Crippen LogP contribution in [0, 0.1) is 0 Å². The van der Waals surface area contributed by atoms with Crippen molar-refractivity contribution in [2.24, 2.45) is 0 Å². The molecule has 29 heavy (non-hydrogen) atoms. The summed E-state index contributed by atoms with van der Waals surface area (Å²) in [6, 6.07) is 12.0. The van der Waals surface area contributed by atoms with Gasteiger partial charge in [0, 0.05) is 26.1 Å². The van der Waals surface area contributed by atoms with Crippen LogP contribution in [0.25, 0.3) is 0 Å². The lowest BCUT2D eigenvalue weighted by molar-refractivity contribution is -0.132. The third-order valence-corrected chi connectivity index (χ3v) is 5.30. The van der Waals surface area contributed by atoms with E-state index in [1.54, 1.807) is 21.3 Å². The number of rotatable bonds is 9. The monoisotopic (exact) mass is 398 g/mol. The Morgan fingerprint density at radius 2 is 1.69 bits per heavy atom. The highest BCUT2D eigenvalue weighted by atomic mass is 16.5. The maximum Gasteiger partial charge on any atom is 0.222 e. The topological polar surface area (TPSA) is 60.0 Å². The zero-order valence-electron chi connectivity index (χ0n) is 17.5. The molecule has 0 spiro atoms. The van der Waals surface area contributed by atoms with Gasteiger partial charge in [-0.15, -0.1) is 0 Å². The first-order chi connectivity index (χ1) is 14.1. The first-order valence-electron chi connectivity index (χ1n) is 9.99. The first-order valence-corrected chi connectivity index (χ1v) is 9.99. The number of hydrogen-bond donors (Lipinski definition) is 1. The number of benzene rings is 2. The molecule has 0 aromatic heterocycles. The maximum atomic E-state index is 12.6. The van der Waals surface area contributed by atoms with Crippen LogP contribution in [-0.4, -0.2) is 45.2 Å². The van der Waals surface area contributed by atoms with Crippen molar-refractivity contribution in [3.63, 3.8) is 0 Å². The van der Waals surface area contributed by atoms with Crippen LogP contribution < -0.4 is 19.5 Å². The van der Waals surface area contributed by atoms with Gasteiger partial charge in [-0.25, -0.2) is 0 Å². The van der Waals surface area contributed by atoms with Gasteiger partial charge >= 0.3 is 0 Å². The van der Waals surface area contributed by atoms with Gasteiger partial charge in [0.05, 0.1) is 21.3 Å². The van der Waals surface area contributed by atoms with Crippen LogP contribution in [0.4, 0.5) is 0 Å². The summed E-state index contributed by atoms with van der Waals surface area (Å²) < 4.78 is 15.9. The van der Waals surface area contributed by atoms with Crippen LogP contribution in [0.3, 0.4) is 0 Å². The standard InChI is InChI=1S/C23H30N2O4/c1-27-20-8-6-17(7-9-20)15-24-11-4-5-23(26)25-12-10-18-13-21(28-2)22(29-3)14-19(18)16-25/h6-9,13-14,24H,4-5,10-12,15-16H2,1-3H3. The zero-order chi connectivity index (χ0) is 20.6. The summed E-state index contributed by atoms with van der Waals surface area (Å²) in [7, 11) is 4.94. The van der Waals surface area contributed by atoms with Gasteiger partial charge in [0.15, 0.2) is 11.5 Å². The minimum atomic E-state index is 0.205. The Morgan fingerprint density at radius 1 is 1.00 bits per heavy atom. The number of nitrogens with zero attached hydrogens (tertiary/aromatic N) is 1. The summed E-state index contributed by atoms with van der Waals surface area (Å²) in [5, 5.41) is 3.40. The Balaban J connectivity index is 1.43. The second-order valence-corrected chi connectivity index (χ2v) is 7.17. The van der Waals surface area contributed by atoms with Gasteiger partial charge in [-0.2, -0.15) is 0 Å². The van der Waals surface area contributed by atoms with Gasteiger partial charge < -0.3 is 24.4 Å². The molecule has 1 aliphatic rings. The second kappa shape index (κ2) is 10.2. The average molecular weight is 399 g/mol. The molecule has 1 heterocycles. The summed E-state index contributed by atoms with van der Waals surface area (Å²) >= 11 is 0. The first kappa shape index (κ1) is 21.0. The third kappa shape index (κ3) is 5.41. The van der Waals surface area contributed by atoms with E-state index in [9.17, 15) is 4.79 Å². The second-order valence-electron chi connectivity index (χ2n) is 7.17. The Labute approximate surface area is 172 Å². The molecule has 2 aromatic rings. The molecule has 0 unspecified atom stereocenters. The van der Waals surface area contributed by atoms with E-state index in [-0.39, 0.29) is 5.91 Å². The molecule has 0 bridgehead atoms. The van der Waals surface area contributed by atoms with E-state index < -0.39 is 0 Å². The fraction of sp³-hybridized carbons (Fsp3) is 0.435. The third-order valence-electron chi connectivity index (χ3n) is 5.30. The number of nitrogens with one attached hydrogen (secondary N) is 1. The molecule has 6 heteroatoms. The molecule has 1 amide bonds. The number of fused-ring (bicyclic) bond motifs is 1. The summed E-state index contributed by atoms with van der Waals surface area (Å²) in [5.74, 6) is 2.52. The molecule has 0 radical (unpaired) electrons. The molecule has 6 nitrogen and oxygen atoms in total. The summed E-state index contributed by atoms with van der Waals surface area (Å²) in [4.78, 5) is 14.6. The number of ether oxygens (including phenoxy) is 3. The number of carbonyl (C=O) groups excluding carboxylic acids is 1. The molecule has 0 fully saturated rings. The lowest BCUT2D eigenvalue weighted by Gasteiger charge is -2.29. The van der Waals surface area contributed by atoms with Crippen molar-refractivity contribution in [3.8, 4) is 17.2 Å². The fourth-order valence-corrected chi connectivity index (χ4v) is 3.59. The molecule has 0 aliphatic carbocycles. The SMILES string of the molecule is COc1ccc(CNCCCC(=O)N2CCc3cc(OC)c(OC)cc3C2)cc1. The Kier molecular flexibility index (Phi) is 7.36. The van der Waals surface area contributed by atoms with Crippen LogP contribution in [-0.2, 0) is 24.3 Å². The maximum absolute atomic E-state index is 12.6. The largest absolute Gasteiger partial charge is 0.497 e. The number of methoxy groups -OCH3 is 3. The van der Waals surface area contributed by atoms with Crippen molar-refractivity contribution < 1.29 is 19.0 Å². The molecule has 156 valence electrons. The fourth-order valence-electron chi connectivity index (χ4n) is 3.59. The smallest absolute Gasteiger partial charge is 0.222 e. The zero-order valence-corrected chi connectivity index (χ0v) is 17.5. The molecule has 3 rings (SSSR count). The van der Waals surface area contributed by atoms with Crippen LogP contribution in [0.1, 0.15) is 29.5 Å². The minimum Gasteiger partial charge on any atom is -0.497 e. The van der Waals surface area contributed by atoms with Crippen molar-refractivity contribution in [1.29, 1.82) is 0 Å². The Bertz CT molecular complexity index is 820. The van der Waals surface area contributed by atoms with Crippen LogP contribution in [0.15, 0.2) is 36.4 Å². The molecule has 0 saturated carbocycles. The highest BCUT2D eigenvalue weighted by Crippen LogP contribution is 2.33. The molecule has 1 aliphatic heterocycles. The van der Waals surface area contributed by atoms with E-state index in [0.29, 0.717) is 18.7 Å². The van der Waals surface area contributed by atoms with Crippen molar-refractivity contribution in [2.75, 3.05) is 34.4 Å². The number of amides is 1. The van der Waals surface area contributed by atoms with Gasteiger partial charge in [0.25, 0.3) is 0 Å². The van der Waals surface area contributed by atoms with Crippen LogP contribution >= 0.6 is 0 Å². The lowest BCUT2D eigenvalue weighted by Crippen LogP contribution is -2.36. The van der Waals surface area contributed by atoms with E-state index in [4.69, 9.17) is 14.2 Å². The van der Waals surface area contributed by atoms with E-state index in [1.165, 1.54) is 11.1 Å². The predicted molar refractivity (Wildman–Crippen MR) is 113 cm³/mol. The Hall–Kier alpha value is -2.73. The van der Waals surface area contributed by atoms with Crippen LogP contribution in [0.2, 0.25) is 0 Å². The van der Waals surface area contributed by atoms with E-state index in [0.717, 1.165) is 49.5 Å². The quantitative estimate of drug-likeness (QED) is 0.658. The highest BCUT2D eigenvalue weighted by molar-refractivity contribution is 5.76. The number of carbonyl (C=O) groups is 1. The lowest BCUT2D eigenvalue weighted by atomic mass is 9.98. The molecule has 0 saturated heterocycles. The van der Waals surface area contributed by atoms with Gasteiger partial charge in [-0.3, -0.25) is 4.79 Å². The van der Waals surface area contributed by atoms with Gasteiger partial charge in [0.2, 0.25) is 5.91 Å². The molecular weight excluding hydrogens is 368 g/mol. The van der Waals surface area contributed by atoms with Gasteiger partial charge in [-0.1, -0.05) is 12.1 Å². The van der Waals surface area contributed by atoms with E-state index in [2.05, 4.69) is 5.32 Å². The summed E-state index contributed by atoms with van der Waals surface area (Å²) in [5.41, 5.74) is 3.57. The minimum absolute atomic E-state index is 0.205. The van der Waals surface area contributed by atoms with Crippen molar-refractivity contribution >= 4 is 5.91 Å². The molecule has 2 aromatic carbocycles. The van der Waals surface area contributed by atoms with E-state index in [1.807, 2.05) is 41.3 Å². The van der Waals surface area contributed by atoms with Crippen molar-refractivity contribution in [1.82, 2.24) is 10.2 Å². The molecule has 1 N–H and O–H groups in total. The highest BCUT2D eigenvalue weighted by Gasteiger charge is 2.22. The van der Waals surface area contributed by atoms with Crippen molar-refractivity contribution in [2.45, 2.75) is 32.4 Å². The van der Waals surface area contributed by atoms with Crippen LogP contribution in [0.5, 0.6) is 17.2 Å². The summed E-state index contributed by atoms with van der Waals surface area (Å²) in [6.45, 7) is 2.98. The van der Waals surface area contributed by atoms with Gasteiger partial charge in [-0.05, 0) is 60.3 Å². The van der Waals surface area contributed by atoms with Crippen molar-refractivity contribution in [3.05, 3.63) is 53.1 Å². The normalized spacial score (nSPS) is 13.0. The molecule has 0 atom stereocenters. The van der Waals surface area contributed by atoms with Gasteiger partial charge in [0.1, 0.15) is 5.75 Å². The molecular formula is C23H30N2O4. The Morgan fingerprint density at radius 3 is 2.34 bits per heavy atom. The summed E-state index contributed by atoms with van der Waals surface area (Å²) in [6.07, 6.45) is 2.22. The predicted octanol–water partition coefficient (Wildman–Crippen LogP) is 3.17. The van der Waals surface area contributed by atoms with E-state index >= 15 is 0 Å². The average Bonchev–Trinajstić information content (AvgIpc) is 2.77. The number of hydrogen-bond acceptors (Lipinski definition) is 5.